The monoisotopic (exact) mass is 515 g/mol. The highest BCUT2D eigenvalue weighted by molar-refractivity contribution is 14.0. The Morgan fingerprint density at radius 1 is 1.29 bits per heavy atom. The molecule has 0 aliphatic carbocycles. The van der Waals surface area contributed by atoms with E-state index >= 15 is 0 Å². The van der Waals surface area contributed by atoms with Gasteiger partial charge in [0.15, 0.2) is 5.96 Å². The van der Waals surface area contributed by atoms with Crippen LogP contribution in [-0.2, 0) is 11.2 Å². The summed E-state index contributed by atoms with van der Waals surface area (Å²) < 4.78 is 1.26. The molecule has 0 spiro atoms. The summed E-state index contributed by atoms with van der Waals surface area (Å²) in [4.78, 5) is 22.9. The van der Waals surface area contributed by atoms with Crippen LogP contribution in [0.3, 0.4) is 0 Å². The van der Waals surface area contributed by atoms with Crippen molar-refractivity contribution in [3.05, 3.63) is 29.3 Å². The van der Waals surface area contributed by atoms with Crippen molar-refractivity contribution < 1.29 is 4.79 Å². The molecule has 2 N–H and O–H groups in total. The molecule has 1 aromatic carbocycles. The lowest BCUT2D eigenvalue weighted by Crippen LogP contribution is -2.38. The Morgan fingerprint density at radius 2 is 2.14 bits per heavy atom. The maximum absolute atomic E-state index is 11.6. The van der Waals surface area contributed by atoms with Gasteiger partial charge in [-0.25, -0.2) is 4.98 Å². The standard InChI is InChI=1S/C20H29N5OS.HI/c1-2-21-20(23-13-7-15-25-14-6-11-19(25)26)22-12-5-10-18-24-16-8-3-4-9-17(16)27-18;/h3-4,8-9H,2,5-7,10-15H2,1H3,(H2,21,22,23);1H. The first-order valence-electron chi connectivity index (χ1n) is 9.90. The van der Waals surface area contributed by atoms with Gasteiger partial charge in [-0.05, 0) is 38.3 Å². The highest BCUT2D eigenvalue weighted by Gasteiger charge is 2.18. The lowest BCUT2D eigenvalue weighted by atomic mass is 10.3. The molecular formula is C20H30IN5OS. The Balaban J connectivity index is 0.00000280. The highest BCUT2D eigenvalue weighted by atomic mass is 127. The first-order chi connectivity index (χ1) is 13.3. The Hall–Kier alpha value is -1.42. The van der Waals surface area contributed by atoms with Gasteiger partial charge in [0.1, 0.15) is 0 Å². The van der Waals surface area contributed by atoms with Gasteiger partial charge in [0.25, 0.3) is 0 Å². The minimum absolute atomic E-state index is 0. The zero-order valence-corrected chi connectivity index (χ0v) is 19.6. The number of benzene rings is 1. The number of aryl methyl sites for hydroxylation is 1. The van der Waals surface area contributed by atoms with Crippen LogP contribution in [0.4, 0.5) is 0 Å². The summed E-state index contributed by atoms with van der Waals surface area (Å²) in [6, 6.07) is 8.29. The van der Waals surface area contributed by atoms with Crippen LogP contribution in [0.2, 0.25) is 0 Å². The van der Waals surface area contributed by atoms with Gasteiger partial charge in [-0.15, -0.1) is 35.3 Å². The summed E-state index contributed by atoms with van der Waals surface area (Å²) in [6.45, 7) is 6.24. The van der Waals surface area contributed by atoms with E-state index in [1.165, 1.54) is 9.71 Å². The van der Waals surface area contributed by atoms with Gasteiger partial charge in [-0.1, -0.05) is 12.1 Å². The van der Waals surface area contributed by atoms with E-state index in [1.54, 1.807) is 11.3 Å². The SMILES string of the molecule is CCNC(=NCCCN1CCCC1=O)NCCCc1nc2ccccc2s1.I. The van der Waals surface area contributed by atoms with Crippen LogP contribution < -0.4 is 10.6 Å². The average molecular weight is 515 g/mol. The van der Waals surface area contributed by atoms with Crippen LogP contribution in [0.5, 0.6) is 0 Å². The molecule has 0 unspecified atom stereocenters. The number of hydrogen-bond donors (Lipinski definition) is 2. The number of thiazole rings is 1. The number of carbonyl (C=O) groups excluding carboxylic acids is 1. The fourth-order valence-electron chi connectivity index (χ4n) is 3.21. The second-order valence-corrected chi connectivity index (χ2v) is 7.82. The molecule has 154 valence electrons. The van der Waals surface area contributed by atoms with Crippen molar-refractivity contribution in [1.82, 2.24) is 20.5 Å². The van der Waals surface area contributed by atoms with Crippen molar-refractivity contribution in [2.75, 3.05) is 32.7 Å². The van der Waals surface area contributed by atoms with Gasteiger partial charge < -0.3 is 15.5 Å². The maximum Gasteiger partial charge on any atom is 0.222 e. The fraction of sp³-hybridized carbons (Fsp3) is 0.550. The predicted molar refractivity (Wildman–Crippen MR) is 128 cm³/mol. The predicted octanol–water partition coefficient (Wildman–Crippen LogP) is 3.41. The van der Waals surface area contributed by atoms with Crippen molar-refractivity contribution in [3.63, 3.8) is 0 Å². The summed E-state index contributed by atoms with van der Waals surface area (Å²) in [5.74, 6) is 1.15. The first-order valence-corrected chi connectivity index (χ1v) is 10.7. The van der Waals surface area contributed by atoms with Crippen molar-refractivity contribution in [2.45, 2.75) is 39.0 Å². The number of aliphatic imine (C=N–C) groups is 1. The van der Waals surface area contributed by atoms with E-state index in [9.17, 15) is 4.79 Å². The van der Waals surface area contributed by atoms with E-state index in [-0.39, 0.29) is 24.0 Å². The maximum atomic E-state index is 11.6. The van der Waals surface area contributed by atoms with Crippen LogP contribution in [0.15, 0.2) is 29.3 Å². The van der Waals surface area contributed by atoms with E-state index < -0.39 is 0 Å². The quantitative estimate of drug-likeness (QED) is 0.233. The van der Waals surface area contributed by atoms with Crippen LogP contribution in [0, 0.1) is 0 Å². The molecule has 2 aromatic rings. The number of halogens is 1. The topological polar surface area (TPSA) is 69.6 Å². The molecule has 1 fully saturated rings. The molecule has 0 saturated carbocycles. The lowest BCUT2D eigenvalue weighted by Gasteiger charge is -2.15. The Bertz CT molecular complexity index is 746. The number of likely N-dealkylation sites (tertiary alicyclic amines) is 1. The molecule has 1 amide bonds. The number of amides is 1. The Labute approximate surface area is 188 Å². The van der Waals surface area contributed by atoms with Crippen LogP contribution >= 0.6 is 35.3 Å². The number of nitrogens with one attached hydrogen (secondary N) is 2. The number of nitrogens with zero attached hydrogens (tertiary/aromatic N) is 3. The molecule has 2 heterocycles. The number of carbonyl (C=O) groups is 1. The van der Waals surface area contributed by atoms with E-state index in [1.807, 2.05) is 11.0 Å². The third kappa shape index (κ3) is 6.88. The molecule has 1 saturated heterocycles. The van der Waals surface area contributed by atoms with Gasteiger partial charge in [-0.3, -0.25) is 9.79 Å². The van der Waals surface area contributed by atoms with Crippen LogP contribution in [0.1, 0.15) is 37.6 Å². The Morgan fingerprint density at radius 3 is 2.89 bits per heavy atom. The normalized spacial score (nSPS) is 14.4. The van der Waals surface area contributed by atoms with Crippen molar-refractivity contribution >= 4 is 57.4 Å². The molecular weight excluding hydrogens is 485 g/mol. The largest absolute Gasteiger partial charge is 0.357 e. The van der Waals surface area contributed by atoms with E-state index in [0.29, 0.717) is 12.3 Å². The van der Waals surface area contributed by atoms with E-state index in [4.69, 9.17) is 0 Å². The van der Waals surface area contributed by atoms with E-state index in [0.717, 1.165) is 69.9 Å². The van der Waals surface area contributed by atoms with E-state index in [2.05, 4.69) is 45.7 Å². The van der Waals surface area contributed by atoms with Gasteiger partial charge in [0, 0.05) is 45.6 Å². The van der Waals surface area contributed by atoms with Crippen molar-refractivity contribution in [2.24, 2.45) is 4.99 Å². The lowest BCUT2D eigenvalue weighted by molar-refractivity contribution is -0.127. The van der Waals surface area contributed by atoms with Crippen LogP contribution in [0.25, 0.3) is 10.2 Å². The molecule has 1 aliphatic rings. The third-order valence-corrected chi connectivity index (χ3v) is 5.67. The third-order valence-electron chi connectivity index (χ3n) is 4.57. The molecule has 1 aliphatic heterocycles. The fourth-order valence-corrected chi connectivity index (χ4v) is 4.22. The summed E-state index contributed by atoms with van der Waals surface area (Å²) in [5, 5.41) is 7.87. The second kappa shape index (κ2) is 12.2. The minimum Gasteiger partial charge on any atom is -0.357 e. The molecule has 28 heavy (non-hydrogen) atoms. The summed E-state index contributed by atoms with van der Waals surface area (Å²) >= 11 is 1.78. The number of fused-ring (bicyclic) bond motifs is 1. The number of hydrogen-bond acceptors (Lipinski definition) is 4. The van der Waals surface area contributed by atoms with Crippen molar-refractivity contribution in [3.8, 4) is 0 Å². The summed E-state index contributed by atoms with van der Waals surface area (Å²) in [6.07, 6.45) is 4.62. The number of aromatic nitrogens is 1. The van der Waals surface area contributed by atoms with Crippen molar-refractivity contribution in [1.29, 1.82) is 0 Å². The van der Waals surface area contributed by atoms with Gasteiger partial charge >= 0.3 is 0 Å². The average Bonchev–Trinajstić information content (AvgIpc) is 3.27. The van der Waals surface area contributed by atoms with Gasteiger partial charge in [0.2, 0.25) is 5.91 Å². The molecule has 0 radical (unpaired) electrons. The Kier molecular flexibility index (Phi) is 9.97. The molecule has 0 bridgehead atoms. The summed E-state index contributed by atoms with van der Waals surface area (Å²) in [5.41, 5.74) is 1.09. The smallest absolute Gasteiger partial charge is 0.222 e. The molecule has 6 nitrogen and oxygen atoms in total. The molecule has 3 rings (SSSR count). The summed E-state index contributed by atoms with van der Waals surface area (Å²) in [7, 11) is 0. The number of guanidine groups is 1. The minimum atomic E-state index is 0. The zero-order chi connectivity index (χ0) is 18.9. The number of para-hydroxylation sites is 1. The first kappa shape index (κ1) is 22.9. The molecule has 0 atom stereocenters. The zero-order valence-electron chi connectivity index (χ0n) is 16.4. The highest BCUT2D eigenvalue weighted by Crippen LogP contribution is 2.22. The van der Waals surface area contributed by atoms with Crippen LogP contribution in [-0.4, -0.2) is 54.5 Å². The van der Waals surface area contributed by atoms with Gasteiger partial charge in [0.05, 0.1) is 15.2 Å². The second-order valence-electron chi connectivity index (χ2n) is 6.70. The van der Waals surface area contributed by atoms with Gasteiger partial charge in [-0.2, -0.15) is 0 Å². The molecule has 8 heteroatoms. The number of rotatable bonds is 9. The molecule has 1 aromatic heterocycles.